The molecule has 132 valence electrons. The van der Waals surface area contributed by atoms with E-state index in [-0.39, 0.29) is 17.2 Å². The van der Waals surface area contributed by atoms with Crippen LogP contribution in [-0.4, -0.2) is 26.9 Å². The quantitative estimate of drug-likeness (QED) is 0.410. The van der Waals surface area contributed by atoms with Gasteiger partial charge in [0.15, 0.2) is 10.9 Å². The smallest absolute Gasteiger partial charge is 0.259 e. The van der Waals surface area contributed by atoms with Crippen LogP contribution < -0.4 is 10.9 Å². The van der Waals surface area contributed by atoms with E-state index in [9.17, 15) is 14.4 Å². The fraction of sp³-hybridized carbons (Fsp3) is 0.158. The maximum absolute atomic E-state index is 12.4. The molecule has 3 rings (SSSR count). The van der Waals surface area contributed by atoms with Crippen LogP contribution in [0.5, 0.6) is 0 Å². The maximum Gasteiger partial charge on any atom is 0.259 e. The fourth-order valence-corrected chi connectivity index (χ4v) is 3.21. The number of hydrogen-bond acceptors (Lipinski definition) is 5. The van der Waals surface area contributed by atoms with Gasteiger partial charge in [-0.1, -0.05) is 36.0 Å². The van der Waals surface area contributed by atoms with Crippen molar-refractivity contribution in [3.8, 4) is 0 Å². The number of benzene rings is 2. The minimum Gasteiger partial charge on any atom is -0.325 e. The highest BCUT2D eigenvalue weighted by atomic mass is 32.2. The van der Waals surface area contributed by atoms with Crippen LogP contribution in [0.4, 0.5) is 5.69 Å². The summed E-state index contributed by atoms with van der Waals surface area (Å²) in [5.74, 6) is -0.312. The summed E-state index contributed by atoms with van der Waals surface area (Å²) in [7, 11) is 0. The number of anilines is 1. The van der Waals surface area contributed by atoms with Crippen molar-refractivity contribution < 1.29 is 9.59 Å². The average molecular weight is 367 g/mol. The number of fused-ring (bicyclic) bond motifs is 1. The van der Waals surface area contributed by atoms with E-state index in [0.29, 0.717) is 27.3 Å². The highest BCUT2D eigenvalue weighted by Gasteiger charge is 2.17. The van der Waals surface area contributed by atoms with Gasteiger partial charge in [-0.15, -0.1) is 0 Å². The van der Waals surface area contributed by atoms with Crippen molar-refractivity contribution in [3.05, 3.63) is 64.4 Å². The summed E-state index contributed by atoms with van der Waals surface area (Å²) >= 11 is 1.16. The molecule has 0 bridgehead atoms. The molecule has 0 spiro atoms. The predicted molar refractivity (Wildman–Crippen MR) is 103 cm³/mol. The number of para-hydroxylation sites is 1. The Labute approximate surface area is 154 Å². The van der Waals surface area contributed by atoms with Crippen molar-refractivity contribution in [2.75, 3.05) is 5.32 Å². The molecule has 2 N–H and O–H groups in total. The molecule has 0 aliphatic rings. The van der Waals surface area contributed by atoms with Crippen molar-refractivity contribution in [1.82, 2.24) is 9.97 Å². The van der Waals surface area contributed by atoms with Crippen LogP contribution in [0, 0.1) is 0 Å². The van der Waals surface area contributed by atoms with Crippen molar-refractivity contribution in [2.24, 2.45) is 0 Å². The van der Waals surface area contributed by atoms with Crippen LogP contribution in [-0.2, 0) is 4.79 Å². The van der Waals surface area contributed by atoms with Gasteiger partial charge in [0.2, 0.25) is 5.91 Å². The molecule has 1 amide bonds. The normalized spacial score (nSPS) is 11.9. The second-order valence-corrected chi connectivity index (χ2v) is 7.10. The Kier molecular flexibility index (Phi) is 5.18. The van der Waals surface area contributed by atoms with Gasteiger partial charge in [0.05, 0.1) is 16.2 Å². The average Bonchev–Trinajstić information content (AvgIpc) is 2.62. The minimum absolute atomic E-state index is 0.0681. The standard InChI is InChI=1S/C19H17N3O3S/c1-11(23)13-6-5-7-14(10-13)20-17(24)12(2)26-19-21-16-9-4-3-8-15(16)18(25)22-19/h3-10,12H,1-2H3,(H,20,24)(H,21,22,25). The molecule has 1 atom stereocenters. The highest BCUT2D eigenvalue weighted by Crippen LogP contribution is 2.21. The Morgan fingerprint density at radius 1 is 1.15 bits per heavy atom. The second kappa shape index (κ2) is 7.53. The summed E-state index contributed by atoms with van der Waals surface area (Å²) in [6.07, 6.45) is 0. The Morgan fingerprint density at radius 2 is 1.92 bits per heavy atom. The number of aromatic amines is 1. The van der Waals surface area contributed by atoms with Gasteiger partial charge in [0, 0.05) is 11.3 Å². The van der Waals surface area contributed by atoms with Gasteiger partial charge in [-0.25, -0.2) is 4.98 Å². The lowest BCUT2D eigenvalue weighted by molar-refractivity contribution is -0.115. The Balaban J connectivity index is 1.74. The number of thioether (sulfide) groups is 1. The molecule has 6 nitrogen and oxygen atoms in total. The van der Waals surface area contributed by atoms with Crippen molar-refractivity contribution >= 4 is 40.0 Å². The fourth-order valence-electron chi connectivity index (χ4n) is 2.40. The maximum atomic E-state index is 12.4. The zero-order chi connectivity index (χ0) is 18.7. The molecule has 0 aliphatic carbocycles. The van der Waals surface area contributed by atoms with Crippen LogP contribution in [0.25, 0.3) is 10.9 Å². The van der Waals surface area contributed by atoms with Gasteiger partial charge in [0.1, 0.15) is 0 Å². The van der Waals surface area contributed by atoms with E-state index in [1.165, 1.54) is 6.92 Å². The highest BCUT2D eigenvalue weighted by molar-refractivity contribution is 8.00. The molecular formula is C19H17N3O3S. The number of Topliss-reactive ketones (excluding diaryl/α,β-unsaturated/α-hetero) is 1. The molecule has 0 fully saturated rings. The summed E-state index contributed by atoms with van der Waals surface area (Å²) in [6.45, 7) is 3.20. The first-order valence-electron chi connectivity index (χ1n) is 8.01. The van der Waals surface area contributed by atoms with Crippen molar-refractivity contribution in [1.29, 1.82) is 0 Å². The number of H-pyrrole nitrogens is 1. The molecular weight excluding hydrogens is 350 g/mol. The van der Waals surface area contributed by atoms with E-state index in [1.54, 1.807) is 55.5 Å². The van der Waals surface area contributed by atoms with Gasteiger partial charge in [-0.05, 0) is 38.1 Å². The first kappa shape index (κ1) is 17.9. The van der Waals surface area contributed by atoms with E-state index in [4.69, 9.17) is 0 Å². The van der Waals surface area contributed by atoms with Gasteiger partial charge in [0.25, 0.3) is 5.56 Å². The van der Waals surface area contributed by atoms with E-state index < -0.39 is 5.25 Å². The molecule has 26 heavy (non-hydrogen) atoms. The Morgan fingerprint density at radius 3 is 2.69 bits per heavy atom. The number of hydrogen-bond donors (Lipinski definition) is 2. The molecule has 1 heterocycles. The largest absolute Gasteiger partial charge is 0.325 e. The van der Waals surface area contributed by atoms with Crippen molar-refractivity contribution in [3.63, 3.8) is 0 Å². The molecule has 0 saturated heterocycles. The molecule has 1 unspecified atom stereocenters. The number of carbonyl (C=O) groups is 2. The van der Waals surface area contributed by atoms with E-state index in [1.807, 2.05) is 0 Å². The lowest BCUT2D eigenvalue weighted by Crippen LogP contribution is -2.23. The van der Waals surface area contributed by atoms with Crippen molar-refractivity contribution in [2.45, 2.75) is 24.3 Å². The second-order valence-electron chi connectivity index (χ2n) is 5.77. The number of aromatic nitrogens is 2. The van der Waals surface area contributed by atoms with Crippen LogP contribution in [0.3, 0.4) is 0 Å². The zero-order valence-electron chi connectivity index (χ0n) is 14.3. The van der Waals surface area contributed by atoms with Crippen LogP contribution >= 0.6 is 11.8 Å². The topological polar surface area (TPSA) is 91.9 Å². The van der Waals surface area contributed by atoms with E-state index in [2.05, 4.69) is 15.3 Å². The monoisotopic (exact) mass is 367 g/mol. The molecule has 0 saturated carbocycles. The number of nitrogens with one attached hydrogen (secondary N) is 2. The Bertz CT molecular complexity index is 1050. The lowest BCUT2D eigenvalue weighted by Gasteiger charge is -2.12. The van der Waals surface area contributed by atoms with Crippen LogP contribution in [0.1, 0.15) is 24.2 Å². The minimum atomic E-state index is -0.486. The molecule has 7 heteroatoms. The third-order valence-electron chi connectivity index (χ3n) is 3.79. The molecule has 2 aromatic carbocycles. The van der Waals surface area contributed by atoms with Gasteiger partial charge in [-0.2, -0.15) is 0 Å². The van der Waals surface area contributed by atoms with Gasteiger partial charge in [-0.3, -0.25) is 14.4 Å². The predicted octanol–water partition coefficient (Wildman–Crippen LogP) is 3.25. The van der Waals surface area contributed by atoms with Crippen LogP contribution in [0.15, 0.2) is 58.5 Å². The third-order valence-corrected chi connectivity index (χ3v) is 4.77. The number of carbonyl (C=O) groups excluding carboxylic acids is 2. The summed E-state index contributed by atoms with van der Waals surface area (Å²) < 4.78 is 0. The number of ketones is 1. The van der Waals surface area contributed by atoms with Crippen LogP contribution in [0.2, 0.25) is 0 Å². The van der Waals surface area contributed by atoms with Gasteiger partial charge < -0.3 is 10.3 Å². The lowest BCUT2D eigenvalue weighted by atomic mass is 10.1. The number of amides is 1. The Hall–Kier alpha value is -2.93. The summed E-state index contributed by atoms with van der Waals surface area (Å²) in [6, 6.07) is 13.8. The van der Waals surface area contributed by atoms with Gasteiger partial charge >= 0.3 is 0 Å². The molecule has 0 radical (unpaired) electrons. The summed E-state index contributed by atoms with van der Waals surface area (Å²) in [4.78, 5) is 43.0. The first-order chi connectivity index (χ1) is 12.4. The molecule has 3 aromatic rings. The molecule has 0 aliphatic heterocycles. The van der Waals surface area contributed by atoms with E-state index in [0.717, 1.165) is 11.8 Å². The zero-order valence-corrected chi connectivity index (χ0v) is 15.1. The summed E-state index contributed by atoms with van der Waals surface area (Å²) in [5.41, 5.74) is 1.43. The first-order valence-corrected chi connectivity index (χ1v) is 8.89. The SMILES string of the molecule is CC(=O)c1cccc(NC(=O)C(C)Sc2nc3ccccc3c(=O)[nH]2)c1. The summed E-state index contributed by atoms with van der Waals surface area (Å²) in [5, 5.41) is 3.18. The number of rotatable bonds is 5. The molecule has 1 aromatic heterocycles. The third kappa shape index (κ3) is 4.00. The number of nitrogens with zero attached hydrogens (tertiary/aromatic N) is 1. The van der Waals surface area contributed by atoms with E-state index >= 15 is 0 Å².